The summed E-state index contributed by atoms with van der Waals surface area (Å²) < 4.78 is 7.16. The minimum absolute atomic E-state index is 0.266. The fraction of sp³-hybridized carbons (Fsp3) is 0.857. The summed E-state index contributed by atoms with van der Waals surface area (Å²) in [5.74, 6) is 1.60. The molecule has 0 unspecified atom stereocenters. The van der Waals surface area contributed by atoms with Gasteiger partial charge in [-0.3, -0.25) is 4.90 Å². The summed E-state index contributed by atoms with van der Waals surface area (Å²) in [6, 6.07) is 0.266. The van der Waals surface area contributed by atoms with Gasteiger partial charge in [-0.2, -0.15) is 0 Å². The minimum atomic E-state index is -0.443. The topological polar surface area (TPSA) is 63.4 Å². The second kappa shape index (κ2) is 7.15. The van der Waals surface area contributed by atoms with E-state index in [1.807, 2.05) is 6.33 Å². The monoisotopic (exact) mass is 282 g/mol. The third-order valence-electron chi connectivity index (χ3n) is 3.67. The van der Waals surface area contributed by atoms with E-state index in [9.17, 15) is 5.11 Å². The Labute approximate surface area is 120 Å². The van der Waals surface area contributed by atoms with Crippen LogP contribution in [0.5, 0.6) is 0 Å². The maximum atomic E-state index is 9.93. The highest BCUT2D eigenvalue weighted by Gasteiger charge is 2.31. The molecule has 1 saturated heterocycles. The van der Waals surface area contributed by atoms with E-state index in [1.54, 1.807) is 7.11 Å². The number of nitrogens with zero attached hydrogens (tertiary/aromatic N) is 4. The Kier molecular flexibility index (Phi) is 5.51. The normalized spacial score (nSPS) is 21.8. The summed E-state index contributed by atoms with van der Waals surface area (Å²) in [6.07, 6.45) is 3.59. The summed E-state index contributed by atoms with van der Waals surface area (Å²) in [5, 5.41) is 18.3. The Morgan fingerprint density at radius 1 is 1.45 bits per heavy atom. The Hall–Kier alpha value is -0.980. The average Bonchev–Trinajstić information content (AvgIpc) is 2.97. The lowest BCUT2D eigenvalue weighted by atomic mass is 10.1. The van der Waals surface area contributed by atoms with Gasteiger partial charge in [0.05, 0.1) is 18.8 Å². The van der Waals surface area contributed by atoms with Gasteiger partial charge in [0.25, 0.3) is 0 Å². The van der Waals surface area contributed by atoms with Crippen molar-refractivity contribution in [3.05, 3.63) is 12.2 Å². The van der Waals surface area contributed by atoms with Crippen LogP contribution in [0.1, 0.15) is 38.6 Å². The molecule has 1 N–H and O–H groups in total. The first-order chi connectivity index (χ1) is 9.61. The van der Waals surface area contributed by atoms with Crippen molar-refractivity contribution in [2.45, 2.75) is 45.4 Å². The molecular weight excluding hydrogens is 256 g/mol. The van der Waals surface area contributed by atoms with Crippen LogP contribution in [0.25, 0.3) is 0 Å². The highest BCUT2D eigenvalue weighted by Crippen LogP contribution is 2.30. The Morgan fingerprint density at radius 2 is 2.25 bits per heavy atom. The zero-order chi connectivity index (χ0) is 14.5. The lowest BCUT2D eigenvalue weighted by Gasteiger charge is -2.26. The molecule has 1 aromatic heterocycles. The van der Waals surface area contributed by atoms with Crippen molar-refractivity contribution in [3.8, 4) is 0 Å². The van der Waals surface area contributed by atoms with Gasteiger partial charge in [-0.25, -0.2) is 0 Å². The number of aliphatic hydroxyl groups is 1. The number of methoxy groups -OCH3 is 1. The van der Waals surface area contributed by atoms with Crippen LogP contribution >= 0.6 is 0 Å². The zero-order valence-corrected chi connectivity index (χ0v) is 12.7. The largest absolute Gasteiger partial charge is 0.389 e. The SMILES string of the molecule is COC[C@H](O)CN1CCC[C@H]1c1nncn1CC(C)C. The lowest BCUT2D eigenvalue weighted by Crippen LogP contribution is -2.35. The van der Waals surface area contributed by atoms with Gasteiger partial charge in [0.15, 0.2) is 0 Å². The van der Waals surface area contributed by atoms with Crippen molar-refractivity contribution in [1.82, 2.24) is 19.7 Å². The molecule has 6 heteroatoms. The summed E-state index contributed by atoms with van der Waals surface area (Å²) in [4.78, 5) is 2.30. The first-order valence-electron chi connectivity index (χ1n) is 7.40. The molecule has 0 amide bonds. The fourth-order valence-electron chi connectivity index (χ4n) is 2.91. The smallest absolute Gasteiger partial charge is 0.150 e. The van der Waals surface area contributed by atoms with Crippen LogP contribution in [0.3, 0.4) is 0 Å². The van der Waals surface area contributed by atoms with Crippen molar-refractivity contribution >= 4 is 0 Å². The van der Waals surface area contributed by atoms with Gasteiger partial charge < -0.3 is 14.4 Å². The molecule has 0 aliphatic carbocycles. The second-order valence-electron chi connectivity index (χ2n) is 6.00. The van der Waals surface area contributed by atoms with Gasteiger partial charge in [-0.05, 0) is 25.3 Å². The van der Waals surface area contributed by atoms with Crippen LogP contribution in [0, 0.1) is 5.92 Å². The number of aromatic nitrogens is 3. The summed E-state index contributed by atoms with van der Waals surface area (Å²) in [6.45, 7) is 7.33. The van der Waals surface area contributed by atoms with E-state index in [0.717, 1.165) is 31.8 Å². The van der Waals surface area contributed by atoms with Gasteiger partial charge in [0.1, 0.15) is 12.2 Å². The second-order valence-corrected chi connectivity index (χ2v) is 6.00. The highest BCUT2D eigenvalue weighted by atomic mass is 16.5. The molecular formula is C14H26N4O2. The van der Waals surface area contributed by atoms with Crippen LogP contribution in [0.4, 0.5) is 0 Å². The molecule has 2 heterocycles. The van der Waals surface area contributed by atoms with Crippen molar-refractivity contribution in [1.29, 1.82) is 0 Å². The lowest BCUT2D eigenvalue weighted by molar-refractivity contribution is 0.0334. The standard InChI is InChI=1S/C14H26N4O2/c1-11(2)7-18-10-15-16-14(18)13-5-4-6-17(13)8-12(19)9-20-3/h10-13,19H,4-9H2,1-3H3/t12-,13+/m1/s1. The fourth-order valence-corrected chi connectivity index (χ4v) is 2.91. The third-order valence-corrected chi connectivity index (χ3v) is 3.67. The average molecular weight is 282 g/mol. The molecule has 0 aromatic carbocycles. The molecule has 114 valence electrons. The maximum absolute atomic E-state index is 9.93. The molecule has 1 aliphatic rings. The van der Waals surface area contributed by atoms with Crippen molar-refractivity contribution in [3.63, 3.8) is 0 Å². The minimum Gasteiger partial charge on any atom is -0.389 e. The van der Waals surface area contributed by atoms with Gasteiger partial charge in [0.2, 0.25) is 0 Å². The van der Waals surface area contributed by atoms with Crippen LogP contribution in [-0.2, 0) is 11.3 Å². The van der Waals surface area contributed by atoms with Gasteiger partial charge in [0, 0.05) is 20.2 Å². The van der Waals surface area contributed by atoms with Gasteiger partial charge in [-0.1, -0.05) is 13.8 Å². The van der Waals surface area contributed by atoms with E-state index >= 15 is 0 Å². The Balaban J connectivity index is 2.05. The predicted molar refractivity (Wildman–Crippen MR) is 76.3 cm³/mol. The number of aliphatic hydroxyl groups excluding tert-OH is 1. The van der Waals surface area contributed by atoms with Crippen LogP contribution in [0.15, 0.2) is 6.33 Å². The third kappa shape index (κ3) is 3.77. The maximum Gasteiger partial charge on any atom is 0.150 e. The van der Waals surface area contributed by atoms with Crippen LogP contribution in [0.2, 0.25) is 0 Å². The Morgan fingerprint density at radius 3 is 2.95 bits per heavy atom. The van der Waals surface area contributed by atoms with E-state index < -0.39 is 6.10 Å². The van der Waals surface area contributed by atoms with Crippen LogP contribution in [-0.4, -0.2) is 57.7 Å². The molecule has 1 aliphatic heterocycles. The Bertz CT molecular complexity index is 408. The van der Waals surface area contributed by atoms with E-state index in [2.05, 4.69) is 33.5 Å². The number of likely N-dealkylation sites (tertiary alicyclic amines) is 1. The molecule has 2 atom stereocenters. The first kappa shape index (κ1) is 15.4. The van der Waals surface area contributed by atoms with Crippen molar-refractivity contribution in [2.75, 3.05) is 26.8 Å². The molecule has 0 spiro atoms. The summed E-state index contributed by atoms with van der Waals surface area (Å²) in [5.41, 5.74) is 0. The molecule has 2 rings (SSSR count). The molecule has 0 bridgehead atoms. The van der Waals surface area contributed by atoms with Crippen molar-refractivity contribution < 1.29 is 9.84 Å². The molecule has 1 aromatic rings. The summed E-state index contributed by atoms with van der Waals surface area (Å²) >= 11 is 0. The first-order valence-corrected chi connectivity index (χ1v) is 7.40. The molecule has 1 fully saturated rings. The van der Waals surface area contributed by atoms with Gasteiger partial charge >= 0.3 is 0 Å². The number of hydrogen-bond acceptors (Lipinski definition) is 5. The number of hydrogen-bond donors (Lipinski definition) is 1. The van der Waals surface area contributed by atoms with Gasteiger partial charge in [-0.15, -0.1) is 10.2 Å². The van der Waals surface area contributed by atoms with Crippen LogP contribution < -0.4 is 0 Å². The van der Waals surface area contributed by atoms with E-state index in [1.165, 1.54) is 0 Å². The molecule has 20 heavy (non-hydrogen) atoms. The van der Waals surface area contributed by atoms with E-state index in [-0.39, 0.29) is 6.04 Å². The molecule has 0 radical (unpaired) electrons. The number of rotatable bonds is 7. The van der Waals surface area contributed by atoms with Crippen molar-refractivity contribution in [2.24, 2.45) is 5.92 Å². The quantitative estimate of drug-likeness (QED) is 0.811. The zero-order valence-electron chi connectivity index (χ0n) is 12.7. The predicted octanol–water partition coefficient (Wildman–Crippen LogP) is 1.08. The highest BCUT2D eigenvalue weighted by molar-refractivity contribution is 4.99. The molecule has 0 saturated carbocycles. The van der Waals surface area contributed by atoms with E-state index in [0.29, 0.717) is 19.1 Å². The number of β-amino-alcohol motifs (C(OH)–C–C–N with tert-alkyl or cyclic N) is 1. The molecule has 6 nitrogen and oxygen atoms in total. The summed E-state index contributed by atoms with van der Waals surface area (Å²) in [7, 11) is 1.62. The van der Waals surface area contributed by atoms with E-state index in [4.69, 9.17) is 4.74 Å². The number of ether oxygens (including phenoxy) is 1.